The lowest BCUT2D eigenvalue weighted by atomic mass is 9.99. The van der Waals surface area contributed by atoms with Gasteiger partial charge in [0.1, 0.15) is 0 Å². The predicted octanol–water partition coefficient (Wildman–Crippen LogP) is 4.17. The standard InChI is InChI=1S/C13H14O.5H2/c1-10(9-14)12-7-6-11-4-2-3-5-13(11)8-12;;;;;/h2-8,10,14H,9H2,1H3;5*1H. The summed E-state index contributed by atoms with van der Waals surface area (Å²) < 4.78 is 0. The molecule has 0 aromatic heterocycles. The lowest BCUT2D eigenvalue weighted by Crippen LogP contribution is -1.98. The van der Waals surface area contributed by atoms with E-state index in [4.69, 9.17) is 5.11 Å². The Balaban J connectivity index is -0.000000225. The van der Waals surface area contributed by atoms with Gasteiger partial charge in [0.05, 0.1) is 0 Å². The highest BCUT2D eigenvalue weighted by molar-refractivity contribution is 5.83. The highest BCUT2D eigenvalue weighted by atomic mass is 16.3. The van der Waals surface area contributed by atoms with Crippen molar-refractivity contribution in [1.29, 1.82) is 0 Å². The van der Waals surface area contributed by atoms with E-state index in [9.17, 15) is 0 Å². The molecule has 0 radical (unpaired) electrons. The molecule has 0 aliphatic carbocycles. The summed E-state index contributed by atoms with van der Waals surface area (Å²) in [4.78, 5) is 0. The first-order valence-electron chi connectivity index (χ1n) is 4.91. The molecule has 0 saturated carbocycles. The van der Waals surface area contributed by atoms with Gasteiger partial charge in [-0.15, -0.1) is 0 Å². The first kappa shape index (κ1) is 9.22. The van der Waals surface area contributed by atoms with E-state index in [1.807, 2.05) is 19.1 Å². The zero-order chi connectivity index (χ0) is 9.97. The summed E-state index contributed by atoms with van der Waals surface area (Å²) >= 11 is 0. The van der Waals surface area contributed by atoms with E-state index in [1.54, 1.807) is 0 Å². The Morgan fingerprint density at radius 1 is 1.14 bits per heavy atom. The van der Waals surface area contributed by atoms with Crippen molar-refractivity contribution in [2.45, 2.75) is 12.8 Å². The summed E-state index contributed by atoms with van der Waals surface area (Å²) in [5, 5.41) is 11.6. The molecule has 0 heterocycles. The highest BCUT2D eigenvalue weighted by Crippen LogP contribution is 2.20. The van der Waals surface area contributed by atoms with Crippen LogP contribution in [0.2, 0.25) is 0 Å². The number of benzene rings is 2. The van der Waals surface area contributed by atoms with E-state index < -0.39 is 0 Å². The molecule has 2 aromatic carbocycles. The van der Waals surface area contributed by atoms with Crippen molar-refractivity contribution in [2.24, 2.45) is 0 Å². The van der Waals surface area contributed by atoms with Crippen LogP contribution < -0.4 is 0 Å². The zero-order valence-corrected chi connectivity index (χ0v) is 8.27. The molecule has 1 nitrogen and oxygen atoms in total. The zero-order valence-electron chi connectivity index (χ0n) is 8.27. The van der Waals surface area contributed by atoms with Gasteiger partial charge in [0.2, 0.25) is 0 Å². The fourth-order valence-electron chi connectivity index (χ4n) is 1.62. The first-order valence-corrected chi connectivity index (χ1v) is 4.91. The van der Waals surface area contributed by atoms with Crippen LogP contribution in [-0.4, -0.2) is 11.7 Å². The van der Waals surface area contributed by atoms with Crippen LogP contribution in [0.1, 0.15) is 25.5 Å². The molecule has 0 aliphatic rings. The Bertz CT molecular complexity index is 450. The number of hydrogen-bond acceptors (Lipinski definition) is 1. The third-order valence-electron chi connectivity index (χ3n) is 2.62. The molecule has 0 spiro atoms. The highest BCUT2D eigenvalue weighted by Gasteiger charge is 2.03. The molecule has 2 aromatic rings. The van der Waals surface area contributed by atoms with Crippen LogP contribution in [0.15, 0.2) is 42.5 Å². The third kappa shape index (κ3) is 1.64. The van der Waals surface area contributed by atoms with E-state index >= 15 is 0 Å². The number of aliphatic hydroxyl groups excluding tert-OH is 1. The fourth-order valence-corrected chi connectivity index (χ4v) is 1.62. The summed E-state index contributed by atoms with van der Waals surface area (Å²) in [6.07, 6.45) is 0. The Morgan fingerprint density at radius 3 is 2.57 bits per heavy atom. The van der Waals surface area contributed by atoms with Gasteiger partial charge >= 0.3 is 0 Å². The van der Waals surface area contributed by atoms with Crippen LogP contribution in [0.3, 0.4) is 0 Å². The van der Waals surface area contributed by atoms with E-state index in [0.29, 0.717) is 0 Å². The second-order valence-electron chi connectivity index (χ2n) is 3.69. The van der Waals surface area contributed by atoms with Crippen LogP contribution in [0.4, 0.5) is 0 Å². The molecule has 1 N–H and O–H groups in total. The maximum absolute atomic E-state index is 9.06. The van der Waals surface area contributed by atoms with Gasteiger partial charge in [0, 0.05) is 19.7 Å². The summed E-state index contributed by atoms with van der Waals surface area (Å²) in [5.41, 5.74) is 1.20. The number of rotatable bonds is 2. The smallest absolute Gasteiger partial charge is 0.0497 e. The molecule has 0 aliphatic heterocycles. The summed E-state index contributed by atoms with van der Waals surface area (Å²) in [6, 6.07) is 14.6. The number of aliphatic hydroxyl groups is 1. The lowest BCUT2D eigenvalue weighted by molar-refractivity contribution is 0.273. The second kappa shape index (κ2) is 3.81. The fraction of sp³-hybridized carbons (Fsp3) is 0.231. The number of hydrogen-bond donors (Lipinski definition) is 1. The Hall–Kier alpha value is -1.34. The molecule has 0 amide bonds. The molecule has 2 rings (SSSR count). The van der Waals surface area contributed by atoms with Crippen molar-refractivity contribution < 1.29 is 12.2 Å². The van der Waals surface area contributed by atoms with Gasteiger partial charge in [-0.25, -0.2) is 0 Å². The molecule has 0 bridgehead atoms. The average Bonchev–Trinajstić information content (AvgIpc) is 2.27. The summed E-state index contributed by atoms with van der Waals surface area (Å²) in [5.74, 6) is 0.222. The maximum Gasteiger partial charge on any atom is 0.0497 e. The normalized spacial score (nSPS) is 13.0. The molecular weight excluding hydrogens is 172 g/mol. The van der Waals surface area contributed by atoms with Gasteiger partial charge in [-0.1, -0.05) is 49.4 Å². The van der Waals surface area contributed by atoms with Crippen molar-refractivity contribution in [2.75, 3.05) is 6.61 Å². The van der Waals surface area contributed by atoms with Gasteiger partial charge < -0.3 is 5.11 Å². The second-order valence-corrected chi connectivity index (χ2v) is 3.69. The van der Waals surface area contributed by atoms with Crippen LogP contribution in [0, 0.1) is 0 Å². The van der Waals surface area contributed by atoms with Crippen molar-refractivity contribution in [3.8, 4) is 0 Å². The average molecular weight is 196 g/mol. The Kier molecular flexibility index (Phi) is 2.51. The van der Waals surface area contributed by atoms with E-state index in [0.717, 1.165) is 0 Å². The maximum atomic E-state index is 9.06. The van der Waals surface area contributed by atoms with Crippen LogP contribution in [-0.2, 0) is 0 Å². The van der Waals surface area contributed by atoms with Crippen molar-refractivity contribution in [3.05, 3.63) is 48.0 Å². The molecular formula is C13H24O. The van der Waals surface area contributed by atoms with Crippen molar-refractivity contribution >= 4 is 10.8 Å². The molecule has 1 atom stereocenters. The van der Waals surface area contributed by atoms with Gasteiger partial charge in [-0.05, 0) is 16.3 Å². The summed E-state index contributed by atoms with van der Waals surface area (Å²) in [6.45, 7) is 2.24. The molecule has 82 valence electrons. The minimum absolute atomic E-state index is 0. The molecule has 1 unspecified atom stereocenters. The molecule has 1 heteroatoms. The van der Waals surface area contributed by atoms with E-state index in [-0.39, 0.29) is 19.7 Å². The minimum atomic E-state index is 0. The molecule has 0 fully saturated rings. The van der Waals surface area contributed by atoms with Gasteiger partial charge in [-0.2, -0.15) is 0 Å². The number of fused-ring (bicyclic) bond motifs is 1. The quantitative estimate of drug-likeness (QED) is 0.764. The van der Waals surface area contributed by atoms with E-state index in [1.165, 1.54) is 16.3 Å². The van der Waals surface area contributed by atoms with E-state index in [2.05, 4.69) is 30.3 Å². The third-order valence-corrected chi connectivity index (χ3v) is 2.62. The largest absolute Gasteiger partial charge is 0.396 e. The van der Waals surface area contributed by atoms with Gasteiger partial charge in [-0.3, -0.25) is 0 Å². The monoisotopic (exact) mass is 196 g/mol. The minimum Gasteiger partial charge on any atom is -0.396 e. The molecule has 14 heavy (non-hydrogen) atoms. The Morgan fingerprint density at radius 2 is 1.86 bits per heavy atom. The topological polar surface area (TPSA) is 20.2 Å². The Labute approximate surface area is 91.4 Å². The predicted molar refractivity (Wildman–Crippen MR) is 70.0 cm³/mol. The van der Waals surface area contributed by atoms with Gasteiger partial charge in [0.15, 0.2) is 0 Å². The summed E-state index contributed by atoms with van der Waals surface area (Å²) in [7, 11) is 0. The van der Waals surface area contributed by atoms with Crippen molar-refractivity contribution in [1.82, 2.24) is 0 Å². The van der Waals surface area contributed by atoms with Crippen LogP contribution in [0.5, 0.6) is 0 Å². The van der Waals surface area contributed by atoms with Gasteiger partial charge in [0.25, 0.3) is 0 Å². The van der Waals surface area contributed by atoms with Crippen LogP contribution >= 0.6 is 0 Å². The molecule has 0 saturated heterocycles. The SMILES string of the molecule is CC(CO)c1ccc2ccccc2c1.[HH].[HH].[HH].[HH].[HH]. The van der Waals surface area contributed by atoms with Crippen molar-refractivity contribution in [3.63, 3.8) is 0 Å². The first-order chi connectivity index (χ1) is 6.81. The van der Waals surface area contributed by atoms with Crippen LogP contribution in [0.25, 0.3) is 10.8 Å². The lowest BCUT2D eigenvalue weighted by Gasteiger charge is -2.08.